The van der Waals surface area contributed by atoms with Crippen LogP contribution in [-0.2, 0) is 4.79 Å². The van der Waals surface area contributed by atoms with Crippen LogP contribution in [0.1, 0.15) is 35.6 Å². The number of aromatic nitrogens is 1. The third-order valence-electron chi connectivity index (χ3n) is 2.24. The topological polar surface area (TPSA) is 62.3 Å². The standard InChI is InChI=1S/C12H19N3O2S/c1-7(2)6-9(16)14-12-13-8(3)10(18-12)11(17)15(4)5/h7H,6H2,1-5H3,(H,13,14,16). The van der Waals surface area contributed by atoms with Crippen molar-refractivity contribution in [3.05, 3.63) is 10.6 Å². The van der Waals surface area contributed by atoms with Gasteiger partial charge in [0.1, 0.15) is 4.88 Å². The molecule has 0 radical (unpaired) electrons. The molecule has 1 heterocycles. The Morgan fingerprint density at radius 1 is 1.39 bits per heavy atom. The number of thiazole rings is 1. The largest absolute Gasteiger partial charge is 0.344 e. The van der Waals surface area contributed by atoms with E-state index < -0.39 is 0 Å². The fraction of sp³-hybridized carbons (Fsp3) is 0.583. The first-order valence-corrected chi connectivity index (χ1v) is 6.61. The molecule has 1 aromatic heterocycles. The molecular weight excluding hydrogens is 250 g/mol. The van der Waals surface area contributed by atoms with Gasteiger partial charge in [-0.1, -0.05) is 25.2 Å². The third-order valence-corrected chi connectivity index (χ3v) is 3.30. The van der Waals surface area contributed by atoms with E-state index >= 15 is 0 Å². The molecule has 0 spiro atoms. The molecule has 6 heteroatoms. The van der Waals surface area contributed by atoms with Gasteiger partial charge in [-0.05, 0) is 12.8 Å². The predicted molar refractivity (Wildman–Crippen MR) is 73.0 cm³/mol. The molecule has 0 aliphatic rings. The molecule has 0 fully saturated rings. The van der Waals surface area contributed by atoms with Crippen molar-refractivity contribution >= 4 is 28.3 Å². The summed E-state index contributed by atoms with van der Waals surface area (Å²) in [5.41, 5.74) is 0.651. The summed E-state index contributed by atoms with van der Waals surface area (Å²) in [5, 5.41) is 3.22. The predicted octanol–water partition coefficient (Wildman–Crippen LogP) is 2.14. The Kier molecular flexibility index (Phi) is 4.84. The Morgan fingerprint density at radius 3 is 2.50 bits per heavy atom. The zero-order valence-corrected chi connectivity index (χ0v) is 12.2. The summed E-state index contributed by atoms with van der Waals surface area (Å²) in [5.74, 6) is 0.144. The number of carbonyl (C=O) groups is 2. The number of hydrogen-bond acceptors (Lipinski definition) is 4. The average molecular weight is 269 g/mol. The molecule has 0 saturated heterocycles. The van der Waals surface area contributed by atoms with E-state index in [2.05, 4.69) is 10.3 Å². The van der Waals surface area contributed by atoms with Crippen LogP contribution in [0.25, 0.3) is 0 Å². The summed E-state index contributed by atoms with van der Waals surface area (Å²) < 4.78 is 0. The van der Waals surface area contributed by atoms with Crippen LogP contribution in [0.2, 0.25) is 0 Å². The van der Waals surface area contributed by atoms with E-state index in [9.17, 15) is 9.59 Å². The second-order valence-electron chi connectivity index (χ2n) is 4.78. The third kappa shape index (κ3) is 3.80. The molecule has 5 nitrogen and oxygen atoms in total. The number of amides is 2. The summed E-state index contributed by atoms with van der Waals surface area (Å²) in [7, 11) is 3.39. The van der Waals surface area contributed by atoms with Crippen molar-refractivity contribution in [1.29, 1.82) is 0 Å². The fourth-order valence-electron chi connectivity index (χ4n) is 1.39. The molecule has 0 aliphatic heterocycles. The lowest BCUT2D eigenvalue weighted by atomic mass is 10.1. The zero-order chi connectivity index (χ0) is 13.9. The van der Waals surface area contributed by atoms with E-state index in [-0.39, 0.29) is 11.8 Å². The fourth-order valence-corrected chi connectivity index (χ4v) is 2.40. The molecule has 100 valence electrons. The van der Waals surface area contributed by atoms with Crippen molar-refractivity contribution < 1.29 is 9.59 Å². The van der Waals surface area contributed by atoms with Crippen molar-refractivity contribution in [2.45, 2.75) is 27.2 Å². The van der Waals surface area contributed by atoms with Gasteiger partial charge in [0.25, 0.3) is 5.91 Å². The number of anilines is 1. The Hall–Kier alpha value is -1.43. The van der Waals surface area contributed by atoms with Crippen LogP contribution in [0.15, 0.2) is 0 Å². The van der Waals surface area contributed by atoms with E-state index in [1.165, 1.54) is 16.2 Å². The summed E-state index contributed by atoms with van der Waals surface area (Å²) >= 11 is 1.22. The van der Waals surface area contributed by atoms with Gasteiger partial charge in [-0.2, -0.15) is 0 Å². The molecular formula is C12H19N3O2S. The van der Waals surface area contributed by atoms with Crippen molar-refractivity contribution in [1.82, 2.24) is 9.88 Å². The van der Waals surface area contributed by atoms with Crippen LogP contribution >= 0.6 is 11.3 Å². The maximum atomic E-state index is 11.8. The molecule has 18 heavy (non-hydrogen) atoms. The normalized spacial score (nSPS) is 10.6. The first-order chi connectivity index (χ1) is 8.31. The lowest BCUT2D eigenvalue weighted by Gasteiger charge is -2.07. The highest BCUT2D eigenvalue weighted by atomic mass is 32.1. The van der Waals surface area contributed by atoms with Crippen molar-refractivity contribution in [2.24, 2.45) is 5.92 Å². The Balaban J connectivity index is 2.79. The van der Waals surface area contributed by atoms with Crippen LogP contribution < -0.4 is 5.32 Å². The number of aryl methyl sites for hydroxylation is 1. The van der Waals surface area contributed by atoms with Crippen molar-refractivity contribution in [2.75, 3.05) is 19.4 Å². The van der Waals surface area contributed by atoms with E-state index in [4.69, 9.17) is 0 Å². The SMILES string of the molecule is Cc1nc(NC(=O)CC(C)C)sc1C(=O)N(C)C. The highest BCUT2D eigenvalue weighted by Crippen LogP contribution is 2.23. The van der Waals surface area contributed by atoms with Crippen LogP contribution in [0.4, 0.5) is 5.13 Å². The van der Waals surface area contributed by atoms with Gasteiger partial charge in [0.05, 0.1) is 5.69 Å². The molecule has 2 amide bonds. The number of nitrogens with zero attached hydrogens (tertiary/aromatic N) is 2. The molecule has 0 saturated carbocycles. The zero-order valence-electron chi connectivity index (χ0n) is 11.4. The van der Waals surface area contributed by atoms with E-state index in [0.717, 1.165) is 0 Å². The first kappa shape index (κ1) is 14.6. The minimum absolute atomic E-state index is 0.0670. The Labute approximate surface area is 111 Å². The maximum absolute atomic E-state index is 11.8. The van der Waals surface area contributed by atoms with Gasteiger partial charge in [0.15, 0.2) is 5.13 Å². The second-order valence-corrected chi connectivity index (χ2v) is 5.78. The molecule has 1 rings (SSSR count). The van der Waals surface area contributed by atoms with Gasteiger partial charge in [0.2, 0.25) is 5.91 Å². The van der Waals surface area contributed by atoms with Gasteiger partial charge < -0.3 is 10.2 Å². The van der Waals surface area contributed by atoms with Gasteiger partial charge in [-0.3, -0.25) is 9.59 Å². The highest BCUT2D eigenvalue weighted by molar-refractivity contribution is 7.17. The number of hydrogen-bond donors (Lipinski definition) is 1. The minimum atomic E-state index is -0.0886. The Morgan fingerprint density at radius 2 is 2.00 bits per heavy atom. The van der Waals surface area contributed by atoms with Crippen molar-refractivity contribution in [3.63, 3.8) is 0 Å². The molecule has 0 bridgehead atoms. The van der Waals surface area contributed by atoms with Crippen LogP contribution in [0, 0.1) is 12.8 Å². The molecule has 1 aromatic rings. The summed E-state index contributed by atoms with van der Waals surface area (Å²) in [6.45, 7) is 5.73. The second kappa shape index (κ2) is 5.95. The quantitative estimate of drug-likeness (QED) is 0.911. The Bertz CT molecular complexity index is 452. The smallest absolute Gasteiger partial charge is 0.265 e. The van der Waals surface area contributed by atoms with E-state index in [1.807, 2.05) is 13.8 Å². The summed E-state index contributed by atoms with van der Waals surface area (Å²) in [6, 6.07) is 0. The lowest BCUT2D eigenvalue weighted by Crippen LogP contribution is -2.21. The van der Waals surface area contributed by atoms with Crippen molar-refractivity contribution in [3.8, 4) is 0 Å². The molecule has 0 aliphatic carbocycles. The highest BCUT2D eigenvalue weighted by Gasteiger charge is 2.18. The van der Waals surface area contributed by atoms with Gasteiger partial charge in [-0.25, -0.2) is 4.98 Å². The first-order valence-electron chi connectivity index (χ1n) is 5.80. The van der Waals surface area contributed by atoms with E-state index in [1.54, 1.807) is 21.0 Å². The summed E-state index contributed by atoms with van der Waals surface area (Å²) in [6.07, 6.45) is 0.454. The average Bonchev–Trinajstić information content (AvgIpc) is 2.56. The van der Waals surface area contributed by atoms with E-state index in [0.29, 0.717) is 28.0 Å². The molecule has 0 atom stereocenters. The van der Waals surface area contributed by atoms with Gasteiger partial charge in [-0.15, -0.1) is 0 Å². The van der Waals surface area contributed by atoms with Gasteiger partial charge in [0, 0.05) is 20.5 Å². The number of nitrogens with one attached hydrogen (secondary N) is 1. The maximum Gasteiger partial charge on any atom is 0.265 e. The van der Waals surface area contributed by atoms with Gasteiger partial charge >= 0.3 is 0 Å². The van der Waals surface area contributed by atoms with Crippen LogP contribution in [-0.4, -0.2) is 35.8 Å². The van der Waals surface area contributed by atoms with Crippen LogP contribution in [0.5, 0.6) is 0 Å². The monoisotopic (exact) mass is 269 g/mol. The minimum Gasteiger partial charge on any atom is -0.344 e. The van der Waals surface area contributed by atoms with Crippen LogP contribution in [0.3, 0.4) is 0 Å². The lowest BCUT2D eigenvalue weighted by molar-refractivity contribution is -0.116. The number of carbonyl (C=O) groups excluding carboxylic acids is 2. The number of rotatable bonds is 4. The summed E-state index contributed by atoms with van der Waals surface area (Å²) in [4.78, 5) is 29.7. The molecule has 0 unspecified atom stereocenters. The molecule has 1 N–H and O–H groups in total. The molecule has 0 aromatic carbocycles.